The van der Waals surface area contributed by atoms with Gasteiger partial charge in [-0.2, -0.15) is 0 Å². The van der Waals surface area contributed by atoms with Crippen molar-refractivity contribution in [1.29, 1.82) is 0 Å². The van der Waals surface area contributed by atoms with Crippen molar-refractivity contribution in [2.24, 2.45) is 5.41 Å². The third-order valence-electron chi connectivity index (χ3n) is 4.21. The predicted octanol–water partition coefficient (Wildman–Crippen LogP) is 3.06. The Morgan fingerprint density at radius 2 is 1.79 bits per heavy atom. The highest BCUT2D eigenvalue weighted by Gasteiger charge is 2.45. The van der Waals surface area contributed by atoms with E-state index in [-0.39, 0.29) is 17.2 Å². The molecule has 0 N–H and O–H groups in total. The van der Waals surface area contributed by atoms with Crippen molar-refractivity contribution < 1.29 is 9.59 Å². The maximum absolute atomic E-state index is 12.4. The standard InChI is InChI=1S/C14H15BrN2O2/c15-10-9-16-6-3-11(10)17-12(18)7-14(8-13(17)19)4-1-2-5-14/h3,6,9H,1-2,4-5,7-8H2. The summed E-state index contributed by atoms with van der Waals surface area (Å²) in [6, 6.07) is 1.70. The summed E-state index contributed by atoms with van der Waals surface area (Å²) in [6.45, 7) is 0. The number of hydrogen-bond donors (Lipinski definition) is 0. The molecule has 100 valence electrons. The highest BCUT2D eigenvalue weighted by Crippen LogP contribution is 2.47. The van der Waals surface area contributed by atoms with Crippen molar-refractivity contribution in [2.45, 2.75) is 38.5 Å². The number of aromatic nitrogens is 1. The van der Waals surface area contributed by atoms with E-state index in [1.54, 1.807) is 18.5 Å². The van der Waals surface area contributed by atoms with Gasteiger partial charge < -0.3 is 0 Å². The smallest absolute Gasteiger partial charge is 0.234 e. The topological polar surface area (TPSA) is 50.3 Å². The van der Waals surface area contributed by atoms with E-state index in [1.807, 2.05) is 0 Å². The molecule has 0 bridgehead atoms. The highest BCUT2D eigenvalue weighted by molar-refractivity contribution is 9.10. The zero-order valence-electron chi connectivity index (χ0n) is 10.6. The molecule has 1 aliphatic carbocycles. The molecule has 2 heterocycles. The third kappa shape index (κ3) is 2.20. The summed E-state index contributed by atoms with van der Waals surface area (Å²) in [5, 5.41) is 0. The fraction of sp³-hybridized carbons (Fsp3) is 0.500. The molecule has 1 aromatic heterocycles. The van der Waals surface area contributed by atoms with Crippen LogP contribution in [0.1, 0.15) is 38.5 Å². The lowest BCUT2D eigenvalue weighted by atomic mass is 9.76. The Hall–Kier alpha value is -1.23. The van der Waals surface area contributed by atoms with Crippen LogP contribution in [-0.4, -0.2) is 16.8 Å². The van der Waals surface area contributed by atoms with Gasteiger partial charge >= 0.3 is 0 Å². The van der Waals surface area contributed by atoms with Gasteiger partial charge in [0.2, 0.25) is 11.8 Å². The first-order chi connectivity index (χ1) is 9.11. The van der Waals surface area contributed by atoms with E-state index < -0.39 is 0 Å². The lowest BCUT2D eigenvalue weighted by Gasteiger charge is -2.37. The summed E-state index contributed by atoms with van der Waals surface area (Å²) >= 11 is 3.35. The SMILES string of the molecule is O=C1CC2(CCCC2)CC(=O)N1c1ccncc1Br. The fourth-order valence-corrected chi connectivity index (χ4v) is 3.73. The summed E-state index contributed by atoms with van der Waals surface area (Å²) in [5.41, 5.74) is 0.558. The highest BCUT2D eigenvalue weighted by atomic mass is 79.9. The molecule has 0 unspecified atom stereocenters. The molecule has 2 fully saturated rings. The van der Waals surface area contributed by atoms with Crippen molar-refractivity contribution in [1.82, 2.24) is 4.98 Å². The van der Waals surface area contributed by atoms with Crippen LogP contribution >= 0.6 is 15.9 Å². The van der Waals surface area contributed by atoms with Crippen LogP contribution in [0.5, 0.6) is 0 Å². The second-order valence-electron chi connectivity index (χ2n) is 5.51. The number of carbonyl (C=O) groups is 2. The summed E-state index contributed by atoms with van der Waals surface area (Å²) in [6.07, 6.45) is 8.49. The van der Waals surface area contributed by atoms with E-state index in [2.05, 4.69) is 20.9 Å². The number of imide groups is 1. The van der Waals surface area contributed by atoms with Gasteiger partial charge in [-0.05, 0) is 40.3 Å². The van der Waals surface area contributed by atoms with Crippen molar-refractivity contribution in [3.63, 3.8) is 0 Å². The number of carbonyl (C=O) groups excluding carboxylic acids is 2. The quantitative estimate of drug-likeness (QED) is 0.747. The van der Waals surface area contributed by atoms with Gasteiger partial charge in [0.1, 0.15) is 0 Å². The number of amides is 2. The molecule has 19 heavy (non-hydrogen) atoms. The molecule has 1 saturated heterocycles. The molecule has 4 nitrogen and oxygen atoms in total. The summed E-state index contributed by atoms with van der Waals surface area (Å²) < 4.78 is 0.680. The Bertz CT molecular complexity index is 518. The number of anilines is 1. The zero-order valence-corrected chi connectivity index (χ0v) is 12.1. The maximum Gasteiger partial charge on any atom is 0.234 e. The van der Waals surface area contributed by atoms with Crippen LogP contribution < -0.4 is 4.90 Å². The lowest BCUT2D eigenvalue weighted by Crippen LogP contribution is -2.47. The van der Waals surface area contributed by atoms with Gasteiger partial charge in [-0.25, -0.2) is 4.90 Å². The Balaban J connectivity index is 1.91. The lowest BCUT2D eigenvalue weighted by molar-refractivity contribution is -0.133. The van der Waals surface area contributed by atoms with E-state index in [0.717, 1.165) is 25.7 Å². The van der Waals surface area contributed by atoms with E-state index in [9.17, 15) is 9.59 Å². The molecule has 1 saturated carbocycles. The number of hydrogen-bond acceptors (Lipinski definition) is 3. The van der Waals surface area contributed by atoms with E-state index >= 15 is 0 Å². The molecule has 1 aromatic rings. The van der Waals surface area contributed by atoms with E-state index in [0.29, 0.717) is 23.0 Å². The average Bonchev–Trinajstić information content (AvgIpc) is 2.78. The Kier molecular flexibility index (Phi) is 3.17. The molecule has 0 atom stereocenters. The monoisotopic (exact) mass is 322 g/mol. The molecule has 5 heteroatoms. The number of piperidine rings is 1. The van der Waals surface area contributed by atoms with Gasteiger partial charge in [-0.3, -0.25) is 14.6 Å². The first kappa shape index (κ1) is 12.8. The molecular formula is C14H15BrN2O2. The minimum Gasteiger partial charge on any atom is -0.274 e. The van der Waals surface area contributed by atoms with Gasteiger partial charge in [-0.15, -0.1) is 0 Å². The molecule has 0 aromatic carbocycles. The minimum absolute atomic E-state index is 0.0514. The van der Waals surface area contributed by atoms with Crippen molar-refractivity contribution in [2.75, 3.05) is 4.90 Å². The van der Waals surface area contributed by atoms with E-state index in [4.69, 9.17) is 0 Å². The molecule has 1 spiro atoms. The van der Waals surface area contributed by atoms with Crippen LogP contribution in [-0.2, 0) is 9.59 Å². The largest absolute Gasteiger partial charge is 0.274 e. The van der Waals surface area contributed by atoms with Crippen LogP contribution in [0.2, 0.25) is 0 Å². The first-order valence-electron chi connectivity index (χ1n) is 6.57. The zero-order chi connectivity index (χ0) is 13.5. The van der Waals surface area contributed by atoms with Crippen LogP contribution in [0.15, 0.2) is 22.9 Å². The second kappa shape index (κ2) is 4.71. The van der Waals surface area contributed by atoms with Crippen LogP contribution in [0.3, 0.4) is 0 Å². The van der Waals surface area contributed by atoms with Gasteiger partial charge in [0, 0.05) is 25.2 Å². The van der Waals surface area contributed by atoms with Crippen molar-refractivity contribution >= 4 is 33.4 Å². The number of pyridine rings is 1. The number of rotatable bonds is 1. The molecule has 3 rings (SSSR count). The fourth-order valence-electron chi connectivity index (χ4n) is 3.30. The van der Waals surface area contributed by atoms with Crippen molar-refractivity contribution in [3.8, 4) is 0 Å². The summed E-state index contributed by atoms with van der Waals surface area (Å²) in [4.78, 5) is 30.0. The molecule has 2 amide bonds. The Morgan fingerprint density at radius 1 is 1.16 bits per heavy atom. The molecule has 2 aliphatic rings. The van der Waals surface area contributed by atoms with E-state index in [1.165, 1.54) is 4.90 Å². The number of nitrogens with zero attached hydrogens (tertiary/aromatic N) is 2. The van der Waals surface area contributed by atoms with Gasteiger partial charge in [0.25, 0.3) is 0 Å². The summed E-state index contributed by atoms with van der Waals surface area (Å²) in [7, 11) is 0. The van der Waals surface area contributed by atoms with Crippen molar-refractivity contribution in [3.05, 3.63) is 22.9 Å². The second-order valence-corrected chi connectivity index (χ2v) is 6.36. The average molecular weight is 323 g/mol. The van der Waals surface area contributed by atoms with Crippen LogP contribution in [0.4, 0.5) is 5.69 Å². The summed E-state index contributed by atoms with van der Waals surface area (Å²) in [5.74, 6) is -0.157. The Morgan fingerprint density at radius 3 is 2.37 bits per heavy atom. The third-order valence-corrected chi connectivity index (χ3v) is 4.82. The molecule has 1 aliphatic heterocycles. The first-order valence-corrected chi connectivity index (χ1v) is 7.36. The Labute approximate surface area is 120 Å². The molecule has 0 radical (unpaired) electrons. The number of halogens is 1. The van der Waals surface area contributed by atoms with Crippen LogP contribution in [0.25, 0.3) is 0 Å². The van der Waals surface area contributed by atoms with Gasteiger partial charge in [-0.1, -0.05) is 12.8 Å². The minimum atomic E-state index is -0.0787. The maximum atomic E-state index is 12.4. The molecular weight excluding hydrogens is 308 g/mol. The van der Waals surface area contributed by atoms with Gasteiger partial charge in [0.15, 0.2) is 0 Å². The van der Waals surface area contributed by atoms with Crippen LogP contribution in [0, 0.1) is 5.41 Å². The van der Waals surface area contributed by atoms with Gasteiger partial charge in [0.05, 0.1) is 10.2 Å². The normalized spacial score (nSPS) is 22.3. The predicted molar refractivity (Wildman–Crippen MR) is 74.6 cm³/mol.